The van der Waals surface area contributed by atoms with Gasteiger partial charge in [0.25, 0.3) is 0 Å². The highest BCUT2D eigenvalue weighted by atomic mass is 28.4. The van der Waals surface area contributed by atoms with Crippen LogP contribution in [0.3, 0.4) is 0 Å². The molecule has 40 heavy (non-hydrogen) atoms. The van der Waals surface area contributed by atoms with Crippen molar-refractivity contribution in [2.24, 2.45) is 11.8 Å². The zero-order valence-corrected chi connectivity index (χ0v) is 25.8. The molecule has 1 N–H and O–H groups in total. The Morgan fingerprint density at radius 3 is 1.98 bits per heavy atom. The van der Waals surface area contributed by atoms with Crippen LogP contribution < -0.4 is 5.32 Å². The van der Waals surface area contributed by atoms with Crippen molar-refractivity contribution in [1.29, 1.82) is 0 Å². The van der Waals surface area contributed by atoms with E-state index in [0.717, 1.165) is 17.4 Å². The predicted octanol–water partition coefficient (Wildman–Crippen LogP) is 5.90. The van der Waals surface area contributed by atoms with Crippen LogP contribution in [0, 0.1) is 11.8 Å². The summed E-state index contributed by atoms with van der Waals surface area (Å²) < 4.78 is 23.3. The summed E-state index contributed by atoms with van der Waals surface area (Å²) in [6, 6.07) is 17.6. The molecule has 0 fully saturated rings. The molecular formula is C31H45NO7Si. The third-order valence-corrected chi connectivity index (χ3v) is 11.7. The van der Waals surface area contributed by atoms with Crippen LogP contribution in [-0.2, 0) is 41.4 Å². The molecule has 2 aromatic carbocycles. The first-order valence-electron chi connectivity index (χ1n) is 13.7. The van der Waals surface area contributed by atoms with Crippen LogP contribution >= 0.6 is 0 Å². The van der Waals surface area contributed by atoms with Crippen LogP contribution in [0.25, 0.3) is 0 Å². The number of alkyl carbamates (subject to hydrolysis) is 1. The van der Waals surface area contributed by atoms with Crippen molar-refractivity contribution in [1.82, 2.24) is 5.32 Å². The van der Waals surface area contributed by atoms with Gasteiger partial charge >= 0.3 is 12.1 Å². The summed E-state index contributed by atoms with van der Waals surface area (Å²) in [6.45, 7) is 14.9. The van der Waals surface area contributed by atoms with Gasteiger partial charge in [0.15, 0.2) is 14.4 Å². The van der Waals surface area contributed by atoms with Gasteiger partial charge in [0, 0.05) is 18.4 Å². The van der Waals surface area contributed by atoms with E-state index in [1.165, 1.54) is 0 Å². The van der Waals surface area contributed by atoms with Gasteiger partial charge in [-0.2, -0.15) is 0 Å². The van der Waals surface area contributed by atoms with Gasteiger partial charge < -0.3 is 28.7 Å². The first-order chi connectivity index (χ1) is 18.8. The molecule has 0 spiro atoms. The number of carbonyl (C=O) groups excluding carboxylic acids is 3. The van der Waals surface area contributed by atoms with E-state index >= 15 is 0 Å². The number of nitrogens with one attached hydrogen (secondary N) is 1. The van der Waals surface area contributed by atoms with Crippen molar-refractivity contribution in [3.05, 3.63) is 71.8 Å². The Balaban J connectivity index is 2.10. The van der Waals surface area contributed by atoms with Crippen molar-refractivity contribution < 1.29 is 33.0 Å². The molecule has 8 nitrogen and oxygen atoms in total. The smallest absolute Gasteiger partial charge is 0.408 e. The monoisotopic (exact) mass is 571 g/mol. The van der Waals surface area contributed by atoms with Crippen molar-refractivity contribution in [3.8, 4) is 0 Å². The first-order valence-corrected chi connectivity index (χ1v) is 16.6. The zero-order valence-electron chi connectivity index (χ0n) is 24.8. The molecule has 2 rings (SSSR count). The predicted molar refractivity (Wildman–Crippen MR) is 157 cm³/mol. The van der Waals surface area contributed by atoms with Gasteiger partial charge in [-0.1, -0.05) is 95.3 Å². The Bertz CT molecular complexity index is 1060. The number of ether oxygens (including phenoxy) is 3. The molecule has 0 unspecified atom stereocenters. The summed E-state index contributed by atoms with van der Waals surface area (Å²) >= 11 is 0. The number of aldehydes is 1. The lowest BCUT2D eigenvalue weighted by Gasteiger charge is -2.38. The fraction of sp³-hybridized carbons (Fsp3) is 0.516. The fourth-order valence-corrected chi connectivity index (χ4v) is 4.74. The maximum Gasteiger partial charge on any atom is 0.408 e. The summed E-state index contributed by atoms with van der Waals surface area (Å²) in [4.78, 5) is 37.7. The highest BCUT2D eigenvalue weighted by molar-refractivity contribution is 6.74. The van der Waals surface area contributed by atoms with E-state index in [9.17, 15) is 14.4 Å². The van der Waals surface area contributed by atoms with Crippen LogP contribution in [0.15, 0.2) is 60.7 Å². The molecule has 0 bridgehead atoms. The van der Waals surface area contributed by atoms with E-state index in [4.69, 9.17) is 18.6 Å². The van der Waals surface area contributed by atoms with Crippen molar-refractivity contribution >= 4 is 26.7 Å². The maximum atomic E-state index is 13.4. The van der Waals surface area contributed by atoms with Crippen LogP contribution in [0.2, 0.25) is 18.1 Å². The van der Waals surface area contributed by atoms with E-state index < -0.39 is 38.4 Å². The van der Waals surface area contributed by atoms with Crippen LogP contribution in [-0.4, -0.2) is 52.0 Å². The Labute approximate surface area is 239 Å². The number of rotatable bonds is 15. The normalized spacial score (nSPS) is 14.9. The Kier molecular flexibility index (Phi) is 13.0. The minimum absolute atomic E-state index is 0.0143. The third-order valence-electron chi connectivity index (χ3n) is 7.24. The van der Waals surface area contributed by atoms with Gasteiger partial charge in [0.2, 0.25) is 0 Å². The van der Waals surface area contributed by atoms with Crippen molar-refractivity contribution in [2.75, 3.05) is 13.2 Å². The molecule has 9 heteroatoms. The summed E-state index contributed by atoms with van der Waals surface area (Å²) in [5.41, 5.74) is 1.73. The van der Waals surface area contributed by atoms with E-state index in [2.05, 4.69) is 39.2 Å². The average molecular weight is 572 g/mol. The molecule has 1 amide bonds. The Hall–Kier alpha value is -3.01. The second-order valence-electron chi connectivity index (χ2n) is 11.7. The van der Waals surface area contributed by atoms with Crippen molar-refractivity contribution in [3.63, 3.8) is 0 Å². The Morgan fingerprint density at radius 1 is 0.900 bits per heavy atom. The molecule has 0 aliphatic heterocycles. The number of amides is 1. The summed E-state index contributed by atoms with van der Waals surface area (Å²) in [7, 11) is -2.05. The van der Waals surface area contributed by atoms with Gasteiger partial charge in [-0.15, -0.1) is 0 Å². The molecule has 2 aromatic rings. The van der Waals surface area contributed by atoms with E-state index in [-0.39, 0.29) is 30.8 Å². The van der Waals surface area contributed by atoms with Gasteiger partial charge in [-0.3, -0.25) is 0 Å². The minimum atomic E-state index is -2.05. The molecule has 4 atom stereocenters. The number of hydrogen-bond donors (Lipinski definition) is 1. The van der Waals surface area contributed by atoms with Gasteiger partial charge in [-0.25, -0.2) is 9.59 Å². The third kappa shape index (κ3) is 10.9. The van der Waals surface area contributed by atoms with E-state index in [1.54, 1.807) is 6.92 Å². The quantitative estimate of drug-likeness (QED) is 0.161. The maximum absolute atomic E-state index is 13.4. The molecule has 0 saturated heterocycles. The molecule has 0 heterocycles. The number of benzene rings is 2. The van der Waals surface area contributed by atoms with Gasteiger partial charge in [0.1, 0.15) is 19.0 Å². The number of carbonyl (C=O) groups is 3. The standard InChI is InChI=1S/C31H45NO7Si/c1-23(18-33)28(24(2)19-38-40(6,7)31(3,4)5)39-29(34)27(22-36-20-25-14-10-8-11-15-25)32-30(35)37-21-26-16-12-9-13-17-26/h8-18,23-24,27-28H,19-22H2,1-7H3,(H,32,35)/t23-,24-,27-,28+/m0/s1. The SMILES string of the molecule is C[C@@H](C=O)[C@@H](OC(=O)[C@H](COCc1ccccc1)NC(=O)OCc1ccccc1)[C@@H](C)CO[Si](C)(C)C(C)(C)C. The highest BCUT2D eigenvalue weighted by Gasteiger charge is 2.39. The minimum Gasteiger partial charge on any atom is -0.460 e. The largest absolute Gasteiger partial charge is 0.460 e. The summed E-state index contributed by atoms with van der Waals surface area (Å²) in [5, 5.41) is 2.59. The lowest BCUT2D eigenvalue weighted by atomic mass is 9.95. The number of hydrogen-bond acceptors (Lipinski definition) is 7. The Morgan fingerprint density at radius 2 is 1.45 bits per heavy atom. The van der Waals surface area contributed by atoms with Gasteiger partial charge in [-0.05, 0) is 29.3 Å². The second-order valence-corrected chi connectivity index (χ2v) is 16.5. The molecule has 220 valence electrons. The second kappa shape index (κ2) is 15.7. The average Bonchev–Trinajstić information content (AvgIpc) is 2.93. The topological polar surface area (TPSA) is 100 Å². The molecule has 0 aromatic heterocycles. The highest BCUT2D eigenvalue weighted by Crippen LogP contribution is 2.37. The first kappa shape index (κ1) is 33.2. The molecule has 0 saturated carbocycles. The van der Waals surface area contributed by atoms with Gasteiger partial charge in [0.05, 0.1) is 13.2 Å². The van der Waals surface area contributed by atoms with Crippen LogP contribution in [0.5, 0.6) is 0 Å². The van der Waals surface area contributed by atoms with Crippen LogP contribution in [0.1, 0.15) is 45.7 Å². The van der Waals surface area contributed by atoms with Crippen molar-refractivity contribution in [2.45, 2.75) is 78.1 Å². The lowest BCUT2D eigenvalue weighted by Crippen LogP contribution is -2.48. The molecule has 0 radical (unpaired) electrons. The molecule has 0 aliphatic carbocycles. The van der Waals surface area contributed by atoms with Crippen LogP contribution in [0.4, 0.5) is 4.79 Å². The summed E-state index contributed by atoms with van der Waals surface area (Å²) in [5.74, 6) is -1.53. The molecule has 0 aliphatic rings. The zero-order chi connectivity index (χ0) is 29.8. The number of esters is 1. The molecular weight excluding hydrogens is 526 g/mol. The van der Waals surface area contributed by atoms with E-state index in [1.807, 2.05) is 67.6 Å². The summed E-state index contributed by atoms with van der Waals surface area (Å²) in [6.07, 6.45) is -0.750. The lowest BCUT2D eigenvalue weighted by molar-refractivity contribution is -0.160. The van der Waals surface area contributed by atoms with E-state index in [0.29, 0.717) is 6.61 Å². The fourth-order valence-electron chi connectivity index (χ4n) is 3.63.